The molecule has 0 aliphatic carbocycles. The van der Waals surface area contributed by atoms with Crippen molar-refractivity contribution in [2.45, 2.75) is 0 Å². The van der Waals surface area contributed by atoms with Gasteiger partial charge in [0.25, 0.3) is 5.69 Å². The van der Waals surface area contributed by atoms with Gasteiger partial charge in [-0.25, -0.2) is 0 Å². The van der Waals surface area contributed by atoms with Crippen molar-refractivity contribution in [2.75, 3.05) is 13.3 Å². The van der Waals surface area contributed by atoms with E-state index in [1.807, 2.05) is 48.5 Å². The molecule has 0 spiro atoms. The number of nitro groups is 1. The van der Waals surface area contributed by atoms with Gasteiger partial charge in [-0.15, -0.1) is 0 Å². The van der Waals surface area contributed by atoms with Crippen LogP contribution in [0.2, 0.25) is 0 Å². The van der Waals surface area contributed by atoms with E-state index in [2.05, 4.69) is 99.4 Å². The lowest BCUT2D eigenvalue weighted by Crippen LogP contribution is -2.42. The van der Waals surface area contributed by atoms with Crippen LogP contribution >= 0.6 is 31.7 Å². The van der Waals surface area contributed by atoms with Crippen molar-refractivity contribution < 1.29 is 4.92 Å². The van der Waals surface area contributed by atoms with E-state index in [-0.39, 0.29) is 10.8 Å². The maximum absolute atomic E-state index is 11.4. The number of nitrogens with one attached hydrogen (secondary N) is 4. The fourth-order valence-electron chi connectivity index (χ4n) is 5.11. The van der Waals surface area contributed by atoms with Gasteiger partial charge < -0.3 is 10.6 Å². The number of thiocarbonyl (C=S) groups is 2. The van der Waals surface area contributed by atoms with Crippen LogP contribution in [0.5, 0.6) is 0 Å². The third-order valence-corrected chi connectivity index (χ3v) is 12.2. The van der Waals surface area contributed by atoms with Gasteiger partial charge >= 0.3 is 0 Å². The van der Waals surface area contributed by atoms with Gasteiger partial charge in [0.05, 0.1) is 4.92 Å². The summed E-state index contributed by atoms with van der Waals surface area (Å²) in [6.45, 7) is 0. The lowest BCUT2D eigenvalue weighted by atomic mass is 9.99. The second kappa shape index (κ2) is 16.5. The summed E-state index contributed by atoms with van der Waals surface area (Å²) in [5.41, 5.74) is 7.99. The Labute approximate surface area is 290 Å². The lowest BCUT2D eigenvalue weighted by molar-refractivity contribution is -0.384. The van der Waals surface area contributed by atoms with Gasteiger partial charge in [0.2, 0.25) is 0 Å². The molecular weight excluding hydrogens is 658 g/mol. The third-order valence-electron chi connectivity index (χ3n) is 7.46. The number of nitro benzene ring substituents is 1. The zero-order valence-corrected chi connectivity index (χ0v) is 28.5. The van der Waals surface area contributed by atoms with Gasteiger partial charge in [0, 0.05) is 30.3 Å². The first-order chi connectivity index (χ1) is 23.4. The Kier molecular flexibility index (Phi) is 11.7. The molecule has 0 aliphatic rings. The molecule has 0 unspecified atom stereocenters. The molecule has 0 bridgehead atoms. The zero-order chi connectivity index (χ0) is 33.8. The molecule has 5 rings (SSSR count). The van der Waals surface area contributed by atoms with Crippen LogP contribution in [0.4, 0.5) is 5.69 Å². The van der Waals surface area contributed by atoms with Crippen LogP contribution in [-0.4, -0.2) is 39.9 Å². The minimum atomic E-state index is -2.21. The topological polar surface area (TPSA) is 116 Å². The predicted molar refractivity (Wildman–Crippen MR) is 206 cm³/mol. The van der Waals surface area contributed by atoms with Crippen LogP contribution in [0, 0.1) is 10.1 Å². The molecule has 5 aromatic carbocycles. The molecule has 0 radical (unpaired) electrons. The molecule has 5 aromatic rings. The molecule has 48 heavy (non-hydrogen) atoms. The summed E-state index contributed by atoms with van der Waals surface area (Å²) in [6.07, 6.45) is 0.536. The maximum Gasteiger partial charge on any atom is 0.269 e. The molecule has 4 N–H and O–H groups in total. The van der Waals surface area contributed by atoms with E-state index >= 15 is 0 Å². The first-order valence-electron chi connectivity index (χ1n) is 14.9. The van der Waals surface area contributed by atoms with Gasteiger partial charge in [-0.3, -0.25) is 21.0 Å². The summed E-state index contributed by atoms with van der Waals surface area (Å²) >= 11 is 11.1. The molecule has 12 heteroatoms. The Balaban J connectivity index is 1.52. The fraction of sp³-hybridized carbons (Fsp3) is 0.0556. The number of rotatable bonds is 11. The van der Waals surface area contributed by atoms with Crippen molar-refractivity contribution in [3.8, 4) is 0 Å². The fourth-order valence-corrected chi connectivity index (χ4v) is 9.26. The molecular formula is C36H33N7O2PS2+. The van der Waals surface area contributed by atoms with E-state index in [0.717, 1.165) is 5.56 Å². The van der Waals surface area contributed by atoms with Crippen molar-refractivity contribution in [1.29, 1.82) is 0 Å². The number of hydrogen-bond acceptors (Lipinski definition) is 6. The number of hydrogen-bond donors (Lipinski definition) is 4. The first kappa shape index (κ1) is 34.0. The van der Waals surface area contributed by atoms with Crippen molar-refractivity contribution >= 4 is 74.9 Å². The van der Waals surface area contributed by atoms with Crippen LogP contribution in [-0.2, 0) is 0 Å². The summed E-state index contributed by atoms with van der Waals surface area (Å²) in [4.78, 5) is 10.9. The highest BCUT2D eigenvalue weighted by atomic mass is 32.1. The normalized spacial score (nSPS) is 11.7. The van der Waals surface area contributed by atoms with E-state index in [4.69, 9.17) is 29.5 Å². The largest absolute Gasteiger partial charge is 0.364 e. The molecule has 0 saturated heterocycles. The number of non-ortho nitro benzene ring substituents is 1. The lowest BCUT2D eigenvalue weighted by Gasteiger charge is -2.28. The van der Waals surface area contributed by atoms with Crippen molar-refractivity contribution in [3.63, 3.8) is 0 Å². The van der Waals surface area contributed by atoms with Crippen molar-refractivity contribution in [2.24, 2.45) is 10.2 Å². The summed E-state index contributed by atoms with van der Waals surface area (Å²) in [5, 5.41) is 31.2. The highest BCUT2D eigenvalue weighted by Crippen LogP contribution is 2.54. The van der Waals surface area contributed by atoms with Crippen molar-refractivity contribution in [3.05, 3.63) is 167 Å². The molecule has 0 heterocycles. The van der Waals surface area contributed by atoms with Crippen LogP contribution < -0.4 is 37.4 Å². The SMILES string of the molecule is CNC(=S)N/N=C(/C(=N/NC(=S)NC[P+](c1ccccc1)(c1ccccc1)c1ccccc1)c1ccccc1)c1ccc([N+](=O)[O-])cc1. The molecule has 0 fully saturated rings. The molecule has 0 saturated carbocycles. The number of benzene rings is 5. The molecule has 0 aromatic heterocycles. The van der Waals surface area contributed by atoms with E-state index in [9.17, 15) is 10.1 Å². The quantitative estimate of drug-likeness (QED) is 0.0491. The number of hydrazone groups is 2. The molecule has 9 nitrogen and oxygen atoms in total. The minimum absolute atomic E-state index is 0.0411. The highest BCUT2D eigenvalue weighted by molar-refractivity contribution is 7.95. The maximum atomic E-state index is 11.4. The molecule has 0 aliphatic heterocycles. The van der Waals surface area contributed by atoms with E-state index in [1.165, 1.54) is 28.0 Å². The Morgan fingerprint density at radius 1 is 0.625 bits per heavy atom. The van der Waals surface area contributed by atoms with Crippen LogP contribution in [0.3, 0.4) is 0 Å². The second-order valence-corrected chi connectivity index (χ2v) is 14.7. The van der Waals surface area contributed by atoms with Gasteiger partial charge in [-0.2, -0.15) is 10.2 Å². The highest BCUT2D eigenvalue weighted by Gasteiger charge is 2.45. The van der Waals surface area contributed by atoms with Crippen LogP contribution in [0.15, 0.2) is 156 Å². The monoisotopic (exact) mass is 690 g/mol. The predicted octanol–water partition coefficient (Wildman–Crippen LogP) is 5.21. The smallest absolute Gasteiger partial charge is 0.269 e. The average Bonchev–Trinajstić information content (AvgIpc) is 3.14. The molecule has 240 valence electrons. The van der Waals surface area contributed by atoms with E-state index in [1.54, 1.807) is 19.2 Å². The van der Waals surface area contributed by atoms with Crippen molar-refractivity contribution in [1.82, 2.24) is 21.5 Å². The molecule has 0 atom stereocenters. The summed E-state index contributed by atoms with van der Waals surface area (Å²) in [6, 6.07) is 47.0. The Bertz CT molecular complexity index is 1810. The third kappa shape index (κ3) is 8.13. The second-order valence-electron chi connectivity index (χ2n) is 10.4. The van der Waals surface area contributed by atoms with Crippen LogP contribution in [0.25, 0.3) is 0 Å². The minimum Gasteiger partial charge on any atom is -0.364 e. The van der Waals surface area contributed by atoms with Gasteiger partial charge in [-0.1, -0.05) is 84.9 Å². The Morgan fingerprint density at radius 3 is 1.44 bits per heavy atom. The van der Waals surface area contributed by atoms with E-state index < -0.39 is 12.2 Å². The van der Waals surface area contributed by atoms with Gasteiger partial charge in [0.1, 0.15) is 40.9 Å². The van der Waals surface area contributed by atoms with Crippen LogP contribution in [0.1, 0.15) is 11.1 Å². The zero-order valence-electron chi connectivity index (χ0n) is 26.0. The standard InChI is InChI=1S/C36H32N7O2PS2/c1-37-35(47)41-39-34(28-22-24-29(25-23-28)43(44)45)33(27-14-6-2-7-15-27)40-42-36(48)38-26-46(30-16-8-3-9-17-30,31-18-10-4-11-19-31)32-20-12-5-13-21-32/h2-25H,26H2,1H3,(H3-,37,38,39,40,41,42,47,48)/p+1. The Morgan fingerprint density at radius 2 is 1.02 bits per heavy atom. The van der Waals surface area contributed by atoms with Gasteiger partial charge in [0.15, 0.2) is 10.2 Å². The first-order valence-corrected chi connectivity index (χ1v) is 17.7. The summed E-state index contributed by atoms with van der Waals surface area (Å²) < 4.78 is 0. The Hall–Kier alpha value is -5.35. The average molecular weight is 691 g/mol. The summed E-state index contributed by atoms with van der Waals surface area (Å²) in [7, 11) is -0.537. The van der Waals surface area contributed by atoms with E-state index in [0.29, 0.717) is 28.4 Å². The summed E-state index contributed by atoms with van der Waals surface area (Å²) in [5.74, 6) is 0. The molecule has 0 amide bonds. The van der Waals surface area contributed by atoms with Gasteiger partial charge in [-0.05, 0) is 73.0 Å². The number of nitrogens with zero attached hydrogens (tertiary/aromatic N) is 3.